The summed E-state index contributed by atoms with van der Waals surface area (Å²) < 4.78 is 0. The van der Waals surface area contributed by atoms with Crippen LogP contribution in [0.4, 0.5) is 0 Å². The Morgan fingerprint density at radius 2 is 1.94 bits per heavy atom. The molecule has 1 fully saturated rings. The van der Waals surface area contributed by atoms with Crippen molar-refractivity contribution < 1.29 is 4.79 Å². The van der Waals surface area contributed by atoms with Gasteiger partial charge in [0.2, 0.25) is 0 Å². The van der Waals surface area contributed by atoms with Crippen molar-refractivity contribution in [1.82, 2.24) is 4.90 Å². The summed E-state index contributed by atoms with van der Waals surface area (Å²) in [5, 5.41) is 0. The predicted octanol–water partition coefficient (Wildman–Crippen LogP) is 1.86. The Labute approximate surface area is 109 Å². The number of likely N-dealkylation sites (tertiary alicyclic amines) is 1. The van der Waals surface area contributed by atoms with E-state index in [-0.39, 0.29) is 5.78 Å². The van der Waals surface area contributed by atoms with Crippen LogP contribution in [0.1, 0.15) is 35.2 Å². The van der Waals surface area contributed by atoms with Gasteiger partial charge in [-0.1, -0.05) is 24.3 Å². The number of carbonyl (C=O) groups is 1. The number of nitrogens with two attached hydrogens (primary N) is 1. The van der Waals surface area contributed by atoms with E-state index in [0.29, 0.717) is 13.0 Å². The highest BCUT2D eigenvalue weighted by molar-refractivity contribution is 5.96. The van der Waals surface area contributed by atoms with Crippen molar-refractivity contribution in [1.29, 1.82) is 0 Å². The summed E-state index contributed by atoms with van der Waals surface area (Å²) in [5.41, 5.74) is 7.54. The average Bonchev–Trinajstić information content (AvgIpc) is 2.33. The highest BCUT2D eigenvalue weighted by atomic mass is 16.1. The van der Waals surface area contributed by atoms with Crippen LogP contribution in [-0.4, -0.2) is 36.9 Å². The van der Waals surface area contributed by atoms with E-state index in [1.54, 1.807) is 0 Å². The number of hydrogen-bond acceptors (Lipinski definition) is 3. The van der Waals surface area contributed by atoms with Crippen molar-refractivity contribution in [2.45, 2.75) is 25.7 Å². The second-order valence-electron chi connectivity index (χ2n) is 4.96. The maximum absolute atomic E-state index is 12.0. The lowest BCUT2D eigenvalue weighted by atomic mass is 10.0. The molecule has 1 aliphatic heterocycles. The number of hydrogen-bond donors (Lipinski definition) is 1. The zero-order valence-corrected chi connectivity index (χ0v) is 10.9. The Kier molecular flexibility index (Phi) is 4.90. The maximum Gasteiger partial charge on any atom is 0.162 e. The van der Waals surface area contributed by atoms with E-state index in [0.717, 1.165) is 24.9 Å². The summed E-state index contributed by atoms with van der Waals surface area (Å²) in [6, 6.07) is 7.87. The first kappa shape index (κ1) is 13.2. The molecule has 1 aromatic carbocycles. The van der Waals surface area contributed by atoms with E-state index >= 15 is 0 Å². The van der Waals surface area contributed by atoms with Crippen molar-refractivity contribution in [3.8, 4) is 0 Å². The SMILES string of the molecule is NCCc1ccc(C(=O)CCCN2CCC2)cc1. The van der Waals surface area contributed by atoms with Gasteiger partial charge in [-0.05, 0) is 51.0 Å². The molecule has 1 aromatic rings. The number of carbonyl (C=O) groups excluding carboxylic acids is 1. The summed E-state index contributed by atoms with van der Waals surface area (Å²) >= 11 is 0. The molecule has 0 radical (unpaired) electrons. The smallest absolute Gasteiger partial charge is 0.162 e. The van der Waals surface area contributed by atoms with Gasteiger partial charge in [-0.2, -0.15) is 0 Å². The van der Waals surface area contributed by atoms with E-state index < -0.39 is 0 Å². The third-order valence-electron chi connectivity index (χ3n) is 3.54. The van der Waals surface area contributed by atoms with E-state index in [4.69, 9.17) is 5.73 Å². The first-order valence-electron chi connectivity index (χ1n) is 6.84. The number of benzene rings is 1. The Balaban J connectivity index is 1.76. The molecule has 0 spiro atoms. The normalized spacial score (nSPS) is 15.4. The molecule has 0 aromatic heterocycles. The van der Waals surface area contributed by atoms with Crippen molar-refractivity contribution in [2.24, 2.45) is 5.73 Å². The molecule has 0 bridgehead atoms. The molecule has 0 amide bonds. The lowest BCUT2D eigenvalue weighted by Gasteiger charge is -2.30. The highest BCUT2D eigenvalue weighted by Crippen LogP contribution is 2.11. The molecule has 18 heavy (non-hydrogen) atoms. The van der Waals surface area contributed by atoms with Gasteiger partial charge in [-0.3, -0.25) is 4.79 Å². The van der Waals surface area contributed by atoms with Crippen LogP contribution in [0.25, 0.3) is 0 Å². The van der Waals surface area contributed by atoms with Crippen LogP contribution in [0.2, 0.25) is 0 Å². The molecular formula is C15H22N2O. The fourth-order valence-electron chi connectivity index (χ4n) is 2.24. The minimum Gasteiger partial charge on any atom is -0.330 e. The first-order chi connectivity index (χ1) is 8.79. The second kappa shape index (κ2) is 6.66. The number of Topliss-reactive ketones (excluding diaryl/α,β-unsaturated/α-hetero) is 1. The Morgan fingerprint density at radius 1 is 1.22 bits per heavy atom. The predicted molar refractivity (Wildman–Crippen MR) is 73.8 cm³/mol. The van der Waals surface area contributed by atoms with Crippen LogP contribution in [0, 0.1) is 0 Å². The minimum atomic E-state index is 0.259. The molecular weight excluding hydrogens is 224 g/mol. The summed E-state index contributed by atoms with van der Waals surface area (Å²) in [4.78, 5) is 14.4. The number of ketones is 1. The van der Waals surface area contributed by atoms with E-state index in [2.05, 4.69) is 4.90 Å². The zero-order chi connectivity index (χ0) is 12.8. The van der Waals surface area contributed by atoms with Gasteiger partial charge in [0.05, 0.1) is 0 Å². The van der Waals surface area contributed by atoms with Crippen LogP contribution in [0.5, 0.6) is 0 Å². The lowest BCUT2D eigenvalue weighted by Crippen LogP contribution is -2.37. The standard InChI is InChI=1S/C15H22N2O/c16-9-8-13-4-6-14(7-5-13)15(18)3-1-10-17-11-2-12-17/h4-7H,1-3,8-12,16H2. The molecule has 1 heterocycles. The molecule has 1 aliphatic rings. The third kappa shape index (κ3) is 3.65. The Bertz CT molecular complexity index is 382. The summed E-state index contributed by atoms with van der Waals surface area (Å²) in [6.07, 6.45) is 3.83. The molecule has 0 unspecified atom stereocenters. The van der Waals surface area contributed by atoms with E-state index in [1.807, 2.05) is 24.3 Å². The van der Waals surface area contributed by atoms with Crippen LogP contribution in [0.15, 0.2) is 24.3 Å². The largest absolute Gasteiger partial charge is 0.330 e. The summed E-state index contributed by atoms with van der Waals surface area (Å²) in [6.45, 7) is 4.14. The number of rotatable bonds is 7. The fourth-order valence-corrected chi connectivity index (χ4v) is 2.24. The van der Waals surface area contributed by atoms with Crippen molar-refractivity contribution in [3.63, 3.8) is 0 Å². The van der Waals surface area contributed by atoms with E-state index in [9.17, 15) is 4.79 Å². The minimum absolute atomic E-state index is 0.259. The number of nitrogens with zero attached hydrogens (tertiary/aromatic N) is 1. The van der Waals surface area contributed by atoms with Crippen LogP contribution >= 0.6 is 0 Å². The summed E-state index contributed by atoms with van der Waals surface area (Å²) in [5.74, 6) is 0.259. The van der Waals surface area contributed by atoms with Crippen LogP contribution in [-0.2, 0) is 6.42 Å². The molecule has 0 aliphatic carbocycles. The topological polar surface area (TPSA) is 46.3 Å². The second-order valence-corrected chi connectivity index (χ2v) is 4.96. The van der Waals surface area contributed by atoms with Gasteiger partial charge in [0.25, 0.3) is 0 Å². The molecule has 3 heteroatoms. The molecule has 98 valence electrons. The quantitative estimate of drug-likeness (QED) is 0.747. The molecule has 0 saturated carbocycles. The van der Waals surface area contributed by atoms with Gasteiger partial charge in [0, 0.05) is 12.0 Å². The molecule has 2 N–H and O–H groups in total. The molecule has 3 nitrogen and oxygen atoms in total. The van der Waals surface area contributed by atoms with Gasteiger partial charge < -0.3 is 10.6 Å². The molecule has 0 atom stereocenters. The fraction of sp³-hybridized carbons (Fsp3) is 0.533. The zero-order valence-electron chi connectivity index (χ0n) is 10.9. The molecule has 1 saturated heterocycles. The van der Waals surface area contributed by atoms with Crippen LogP contribution in [0.3, 0.4) is 0 Å². The van der Waals surface area contributed by atoms with Gasteiger partial charge >= 0.3 is 0 Å². The monoisotopic (exact) mass is 246 g/mol. The summed E-state index contributed by atoms with van der Waals surface area (Å²) in [7, 11) is 0. The van der Waals surface area contributed by atoms with Crippen molar-refractivity contribution in [3.05, 3.63) is 35.4 Å². The molecule has 2 rings (SSSR count). The van der Waals surface area contributed by atoms with E-state index in [1.165, 1.54) is 25.1 Å². The maximum atomic E-state index is 12.0. The first-order valence-corrected chi connectivity index (χ1v) is 6.84. The van der Waals surface area contributed by atoms with Crippen molar-refractivity contribution in [2.75, 3.05) is 26.2 Å². The Hall–Kier alpha value is -1.19. The average molecular weight is 246 g/mol. The lowest BCUT2D eigenvalue weighted by molar-refractivity contribution is 0.0967. The van der Waals surface area contributed by atoms with Gasteiger partial charge in [-0.15, -0.1) is 0 Å². The van der Waals surface area contributed by atoms with Gasteiger partial charge in [0.15, 0.2) is 5.78 Å². The van der Waals surface area contributed by atoms with Crippen LogP contribution < -0.4 is 5.73 Å². The van der Waals surface area contributed by atoms with Gasteiger partial charge in [0.1, 0.15) is 0 Å². The highest BCUT2D eigenvalue weighted by Gasteiger charge is 2.13. The van der Waals surface area contributed by atoms with Gasteiger partial charge in [-0.25, -0.2) is 0 Å². The Morgan fingerprint density at radius 3 is 2.50 bits per heavy atom. The van der Waals surface area contributed by atoms with Crippen molar-refractivity contribution >= 4 is 5.78 Å². The third-order valence-corrected chi connectivity index (χ3v) is 3.54.